The second-order valence-electron chi connectivity index (χ2n) is 6.31. The van der Waals surface area contributed by atoms with Crippen LogP contribution >= 0.6 is 27.5 Å². The summed E-state index contributed by atoms with van der Waals surface area (Å²) < 4.78 is 6.37. The number of nitrogens with zero attached hydrogens (tertiary/aromatic N) is 1. The van der Waals surface area contributed by atoms with Crippen LogP contribution in [-0.2, 0) is 11.3 Å². The van der Waals surface area contributed by atoms with E-state index in [0.29, 0.717) is 18.1 Å². The van der Waals surface area contributed by atoms with Crippen molar-refractivity contribution in [3.05, 3.63) is 63.1 Å². The van der Waals surface area contributed by atoms with Gasteiger partial charge in [0, 0.05) is 35.2 Å². The normalized spacial score (nSPS) is 19.4. The van der Waals surface area contributed by atoms with E-state index in [1.165, 1.54) is 0 Å². The first-order valence-corrected chi connectivity index (χ1v) is 9.48. The molecule has 1 heterocycles. The van der Waals surface area contributed by atoms with Crippen molar-refractivity contribution in [2.75, 3.05) is 20.7 Å². The molecule has 26 heavy (non-hydrogen) atoms. The molecule has 0 aromatic heterocycles. The number of benzene rings is 2. The Morgan fingerprint density at radius 1 is 1.31 bits per heavy atom. The van der Waals surface area contributed by atoms with Gasteiger partial charge in [0.1, 0.15) is 5.75 Å². The largest absolute Gasteiger partial charge is 0.496 e. The second kappa shape index (κ2) is 8.39. The molecule has 1 aliphatic rings. The standard InChI is InChI=1S/C19H21BrClN3O2/c1-24(11-13-9-14(20)5-8-17(13)26-2)19(25)16-10-22-23-18(16)12-3-6-15(21)7-4-12/h3-9,16,18,22-23H,10-11H2,1-2H3. The second-order valence-corrected chi connectivity index (χ2v) is 7.66. The summed E-state index contributed by atoms with van der Waals surface area (Å²) in [5.41, 5.74) is 8.30. The van der Waals surface area contributed by atoms with Gasteiger partial charge in [-0.05, 0) is 35.9 Å². The van der Waals surface area contributed by atoms with E-state index in [4.69, 9.17) is 16.3 Å². The molecule has 2 atom stereocenters. The number of amides is 1. The van der Waals surface area contributed by atoms with Crippen LogP contribution in [0.15, 0.2) is 46.9 Å². The summed E-state index contributed by atoms with van der Waals surface area (Å²) in [5, 5.41) is 0.682. The fraction of sp³-hybridized carbons (Fsp3) is 0.316. The third-order valence-electron chi connectivity index (χ3n) is 4.55. The zero-order valence-corrected chi connectivity index (χ0v) is 17.0. The van der Waals surface area contributed by atoms with Crippen LogP contribution in [0.25, 0.3) is 0 Å². The average molecular weight is 439 g/mol. The molecule has 0 bridgehead atoms. The van der Waals surface area contributed by atoms with Crippen molar-refractivity contribution >= 4 is 33.4 Å². The molecule has 0 spiro atoms. The number of halogens is 2. The molecule has 1 aliphatic heterocycles. The summed E-state index contributed by atoms with van der Waals surface area (Å²) in [6, 6.07) is 13.3. The lowest BCUT2D eigenvalue weighted by Crippen LogP contribution is -2.36. The molecule has 1 amide bonds. The summed E-state index contributed by atoms with van der Waals surface area (Å²) in [6.07, 6.45) is 0. The zero-order valence-electron chi connectivity index (χ0n) is 14.6. The Balaban J connectivity index is 1.75. The number of carbonyl (C=O) groups is 1. The quantitative estimate of drug-likeness (QED) is 0.750. The van der Waals surface area contributed by atoms with Gasteiger partial charge in [-0.2, -0.15) is 0 Å². The smallest absolute Gasteiger partial charge is 0.229 e. The molecule has 138 valence electrons. The van der Waals surface area contributed by atoms with E-state index in [1.54, 1.807) is 12.0 Å². The number of nitrogens with one attached hydrogen (secondary N) is 2. The lowest BCUT2D eigenvalue weighted by molar-refractivity contribution is -0.134. The first-order valence-electron chi connectivity index (χ1n) is 8.31. The number of carbonyl (C=O) groups excluding carboxylic acids is 1. The van der Waals surface area contributed by atoms with Gasteiger partial charge in [-0.3, -0.25) is 10.2 Å². The Morgan fingerprint density at radius 3 is 2.73 bits per heavy atom. The third kappa shape index (κ3) is 4.20. The number of hydrogen-bond donors (Lipinski definition) is 2. The number of ether oxygens (including phenoxy) is 1. The molecule has 2 N–H and O–H groups in total. The molecule has 2 aromatic carbocycles. The molecule has 3 rings (SSSR count). The van der Waals surface area contributed by atoms with E-state index in [0.717, 1.165) is 21.3 Å². The van der Waals surface area contributed by atoms with Gasteiger partial charge in [-0.25, -0.2) is 5.43 Å². The van der Waals surface area contributed by atoms with Gasteiger partial charge >= 0.3 is 0 Å². The van der Waals surface area contributed by atoms with Gasteiger partial charge in [-0.1, -0.05) is 39.7 Å². The van der Waals surface area contributed by atoms with Gasteiger partial charge in [0.15, 0.2) is 0 Å². The summed E-state index contributed by atoms with van der Waals surface area (Å²) in [5.74, 6) is 0.647. The van der Waals surface area contributed by atoms with Gasteiger partial charge in [0.05, 0.1) is 19.1 Å². The molecule has 0 radical (unpaired) electrons. The molecule has 0 saturated carbocycles. The van der Waals surface area contributed by atoms with Crippen LogP contribution in [0.1, 0.15) is 17.2 Å². The number of methoxy groups -OCH3 is 1. The van der Waals surface area contributed by atoms with Crippen LogP contribution < -0.4 is 15.6 Å². The van der Waals surface area contributed by atoms with E-state index < -0.39 is 0 Å². The highest BCUT2D eigenvalue weighted by Gasteiger charge is 2.35. The fourth-order valence-electron chi connectivity index (χ4n) is 3.20. The monoisotopic (exact) mass is 437 g/mol. The Labute approximate surface area is 166 Å². The first-order chi connectivity index (χ1) is 12.5. The van der Waals surface area contributed by atoms with E-state index in [2.05, 4.69) is 26.8 Å². The van der Waals surface area contributed by atoms with Crippen LogP contribution in [0.3, 0.4) is 0 Å². The summed E-state index contributed by atoms with van der Waals surface area (Å²) >= 11 is 9.45. The molecule has 0 aliphatic carbocycles. The van der Waals surface area contributed by atoms with E-state index in [-0.39, 0.29) is 17.9 Å². The maximum absolute atomic E-state index is 13.1. The predicted octanol–water partition coefficient (Wildman–Crippen LogP) is 3.53. The highest BCUT2D eigenvalue weighted by atomic mass is 79.9. The van der Waals surface area contributed by atoms with Crippen molar-refractivity contribution < 1.29 is 9.53 Å². The van der Waals surface area contributed by atoms with Gasteiger partial charge in [0.25, 0.3) is 0 Å². The average Bonchev–Trinajstić information content (AvgIpc) is 3.11. The van der Waals surface area contributed by atoms with Gasteiger partial charge < -0.3 is 9.64 Å². The highest BCUT2D eigenvalue weighted by Crippen LogP contribution is 2.29. The topological polar surface area (TPSA) is 53.6 Å². The predicted molar refractivity (Wildman–Crippen MR) is 106 cm³/mol. The first kappa shape index (κ1) is 19.2. The zero-order chi connectivity index (χ0) is 18.7. The van der Waals surface area contributed by atoms with E-state index in [1.807, 2.05) is 49.5 Å². The summed E-state index contributed by atoms with van der Waals surface area (Å²) in [7, 11) is 3.45. The van der Waals surface area contributed by atoms with Crippen LogP contribution in [0, 0.1) is 5.92 Å². The Kier molecular flexibility index (Phi) is 6.19. The van der Waals surface area contributed by atoms with Crippen molar-refractivity contribution in [1.29, 1.82) is 0 Å². The van der Waals surface area contributed by atoms with Crippen molar-refractivity contribution in [3.8, 4) is 5.75 Å². The van der Waals surface area contributed by atoms with Crippen molar-refractivity contribution in [1.82, 2.24) is 15.8 Å². The van der Waals surface area contributed by atoms with Crippen LogP contribution in [0.2, 0.25) is 5.02 Å². The Bertz CT molecular complexity index is 785. The molecule has 2 unspecified atom stereocenters. The molecule has 1 saturated heterocycles. The molecular formula is C19H21BrClN3O2. The SMILES string of the molecule is COc1ccc(Br)cc1CN(C)C(=O)C1CNNC1c1ccc(Cl)cc1. The van der Waals surface area contributed by atoms with Crippen LogP contribution in [0.4, 0.5) is 0 Å². The lowest BCUT2D eigenvalue weighted by Gasteiger charge is -2.25. The van der Waals surface area contributed by atoms with E-state index >= 15 is 0 Å². The van der Waals surface area contributed by atoms with Gasteiger partial charge in [0.2, 0.25) is 5.91 Å². The minimum Gasteiger partial charge on any atom is -0.496 e. The van der Waals surface area contributed by atoms with Gasteiger partial charge in [-0.15, -0.1) is 0 Å². The highest BCUT2D eigenvalue weighted by molar-refractivity contribution is 9.10. The number of rotatable bonds is 5. The van der Waals surface area contributed by atoms with Crippen molar-refractivity contribution in [2.45, 2.75) is 12.6 Å². The van der Waals surface area contributed by atoms with Crippen LogP contribution in [0.5, 0.6) is 5.75 Å². The fourth-order valence-corrected chi connectivity index (χ4v) is 3.73. The number of hydrogen-bond acceptors (Lipinski definition) is 4. The third-order valence-corrected chi connectivity index (χ3v) is 5.30. The molecular weight excluding hydrogens is 418 g/mol. The minimum absolute atomic E-state index is 0.0736. The van der Waals surface area contributed by atoms with Crippen molar-refractivity contribution in [3.63, 3.8) is 0 Å². The Morgan fingerprint density at radius 2 is 2.04 bits per heavy atom. The maximum atomic E-state index is 13.1. The van der Waals surface area contributed by atoms with E-state index in [9.17, 15) is 4.79 Å². The lowest BCUT2D eigenvalue weighted by atomic mass is 9.93. The summed E-state index contributed by atoms with van der Waals surface area (Å²) in [4.78, 5) is 14.8. The molecule has 2 aromatic rings. The Hall–Kier alpha value is -1.60. The molecule has 5 nitrogen and oxygen atoms in total. The number of hydrazine groups is 1. The maximum Gasteiger partial charge on any atom is 0.229 e. The van der Waals surface area contributed by atoms with Crippen LogP contribution in [-0.4, -0.2) is 31.5 Å². The molecule has 1 fully saturated rings. The minimum atomic E-state index is -0.195. The molecule has 7 heteroatoms. The van der Waals surface area contributed by atoms with Crippen molar-refractivity contribution in [2.24, 2.45) is 5.92 Å². The summed E-state index contributed by atoms with van der Waals surface area (Å²) in [6.45, 7) is 1.05.